The van der Waals surface area contributed by atoms with Crippen molar-refractivity contribution < 1.29 is 4.74 Å². The predicted octanol–water partition coefficient (Wildman–Crippen LogP) is 1.90. The van der Waals surface area contributed by atoms with Crippen LogP contribution in [0.2, 0.25) is 0 Å². The SMILES string of the molecule is CCOCCCC1CCCN1C. The Morgan fingerprint density at radius 1 is 1.50 bits per heavy atom. The first-order valence-electron chi connectivity index (χ1n) is 5.12. The highest BCUT2D eigenvalue weighted by atomic mass is 16.5. The topological polar surface area (TPSA) is 12.5 Å². The van der Waals surface area contributed by atoms with E-state index in [0.717, 1.165) is 19.3 Å². The zero-order valence-corrected chi connectivity index (χ0v) is 8.38. The third-order valence-corrected chi connectivity index (χ3v) is 2.70. The fraction of sp³-hybridized carbons (Fsp3) is 1.00. The van der Waals surface area contributed by atoms with Gasteiger partial charge in [-0.25, -0.2) is 0 Å². The van der Waals surface area contributed by atoms with E-state index >= 15 is 0 Å². The van der Waals surface area contributed by atoms with E-state index in [0.29, 0.717) is 0 Å². The molecular weight excluding hydrogens is 150 g/mol. The standard InChI is InChI=1S/C10H21NO/c1-3-12-9-5-7-10-6-4-8-11(10)2/h10H,3-9H2,1-2H3. The van der Waals surface area contributed by atoms with Crippen molar-refractivity contribution in [2.75, 3.05) is 26.8 Å². The van der Waals surface area contributed by atoms with Crippen LogP contribution in [0.3, 0.4) is 0 Å². The van der Waals surface area contributed by atoms with Crippen molar-refractivity contribution in [3.05, 3.63) is 0 Å². The molecule has 0 N–H and O–H groups in total. The summed E-state index contributed by atoms with van der Waals surface area (Å²) < 4.78 is 5.31. The van der Waals surface area contributed by atoms with Crippen molar-refractivity contribution in [3.8, 4) is 0 Å². The van der Waals surface area contributed by atoms with Crippen molar-refractivity contribution in [1.29, 1.82) is 0 Å². The largest absolute Gasteiger partial charge is 0.382 e. The van der Waals surface area contributed by atoms with Crippen molar-refractivity contribution >= 4 is 0 Å². The molecule has 0 radical (unpaired) electrons. The maximum Gasteiger partial charge on any atom is 0.0466 e. The molecule has 0 aliphatic carbocycles. The van der Waals surface area contributed by atoms with Gasteiger partial charge in [0.1, 0.15) is 0 Å². The summed E-state index contributed by atoms with van der Waals surface area (Å²) in [6, 6.07) is 0.838. The molecule has 1 fully saturated rings. The molecule has 0 spiro atoms. The van der Waals surface area contributed by atoms with E-state index in [-0.39, 0.29) is 0 Å². The Morgan fingerprint density at radius 3 is 2.92 bits per heavy atom. The summed E-state index contributed by atoms with van der Waals surface area (Å²) >= 11 is 0. The Hall–Kier alpha value is -0.0800. The minimum atomic E-state index is 0.838. The third kappa shape index (κ3) is 3.11. The summed E-state index contributed by atoms with van der Waals surface area (Å²) in [4.78, 5) is 2.48. The highest BCUT2D eigenvalue weighted by molar-refractivity contribution is 4.75. The first-order valence-corrected chi connectivity index (χ1v) is 5.12. The van der Waals surface area contributed by atoms with Crippen molar-refractivity contribution in [2.45, 2.75) is 38.6 Å². The van der Waals surface area contributed by atoms with Gasteiger partial charge in [0.05, 0.1) is 0 Å². The van der Waals surface area contributed by atoms with Crippen LogP contribution in [0, 0.1) is 0 Å². The summed E-state index contributed by atoms with van der Waals surface area (Å²) in [6.07, 6.45) is 5.32. The van der Waals surface area contributed by atoms with E-state index < -0.39 is 0 Å². The van der Waals surface area contributed by atoms with E-state index in [1.807, 2.05) is 0 Å². The predicted molar refractivity (Wildman–Crippen MR) is 51.4 cm³/mol. The molecule has 1 rings (SSSR count). The lowest BCUT2D eigenvalue weighted by Gasteiger charge is -2.18. The zero-order valence-electron chi connectivity index (χ0n) is 8.38. The van der Waals surface area contributed by atoms with Gasteiger partial charge in [-0.05, 0) is 46.2 Å². The molecule has 0 bridgehead atoms. The van der Waals surface area contributed by atoms with Gasteiger partial charge in [0.15, 0.2) is 0 Å². The Balaban J connectivity index is 1.98. The first-order chi connectivity index (χ1) is 5.84. The average Bonchev–Trinajstić information content (AvgIpc) is 2.46. The molecule has 1 heterocycles. The van der Waals surface area contributed by atoms with Crippen LogP contribution in [0.25, 0.3) is 0 Å². The molecule has 1 aliphatic rings. The van der Waals surface area contributed by atoms with Gasteiger partial charge in [-0.3, -0.25) is 0 Å². The second kappa shape index (κ2) is 5.55. The molecule has 72 valence electrons. The minimum absolute atomic E-state index is 0.838. The van der Waals surface area contributed by atoms with Gasteiger partial charge < -0.3 is 9.64 Å². The number of hydrogen-bond donors (Lipinski definition) is 0. The van der Waals surface area contributed by atoms with Gasteiger partial charge in [-0.1, -0.05) is 0 Å². The highest BCUT2D eigenvalue weighted by Gasteiger charge is 2.19. The lowest BCUT2D eigenvalue weighted by atomic mass is 10.1. The van der Waals surface area contributed by atoms with Gasteiger partial charge >= 0.3 is 0 Å². The van der Waals surface area contributed by atoms with E-state index in [2.05, 4.69) is 18.9 Å². The van der Waals surface area contributed by atoms with E-state index in [1.165, 1.54) is 32.2 Å². The number of likely N-dealkylation sites (tertiary alicyclic amines) is 1. The number of ether oxygens (including phenoxy) is 1. The van der Waals surface area contributed by atoms with Crippen LogP contribution in [0.1, 0.15) is 32.6 Å². The Bertz CT molecular complexity index is 116. The average molecular weight is 171 g/mol. The molecule has 1 saturated heterocycles. The molecule has 0 aromatic heterocycles. The molecule has 0 saturated carbocycles. The van der Waals surface area contributed by atoms with E-state index in [9.17, 15) is 0 Å². The Kier molecular flexibility index (Phi) is 4.62. The number of rotatable bonds is 5. The van der Waals surface area contributed by atoms with Crippen LogP contribution in [0.5, 0.6) is 0 Å². The Morgan fingerprint density at radius 2 is 2.33 bits per heavy atom. The summed E-state index contributed by atoms with van der Waals surface area (Å²) in [5.41, 5.74) is 0. The van der Waals surface area contributed by atoms with Crippen LogP contribution < -0.4 is 0 Å². The van der Waals surface area contributed by atoms with Gasteiger partial charge in [0.25, 0.3) is 0 Å². The molecule has 2 heteroatoms. The summed E-state index contributed by atoms with van der Waals surface area (Å²) in [5, 5.41) is 0. The van der Waals surface area contributed by atoms with Crippen LogP contribution >= 0.6 is 0 Å². The lowest BCUT2D eigenvalue weighted by Crippen LogP contribution is -2.24. The molecular formula is C10H21NO. The monoisotopic (exact) mass is 171 g/mol. The van der Waals surface area contributed by atoms with Crippen molar-refractivity contribution in [3.63, 3.8) is 0 Å². The second-order valence-corrected chi connectivity index (χ2v) is 3.62. The Labute approximate surface area is 75.9 Å². The fourth-order valence-corrected chi connectivity index (χ4v) is 1.91. The van der Waals surface area contributed by atoms with Crippen molar-refractivity contribution in [1.82, 2.24) is 4.90 Å². The summed E-state index contributed by atoms with van der Waals surface area (Å²) in [7, 11) is 2.23. The normalized spacial score (nSPS) is 25.0. The summed E-state index contributed by atoms with van der Waals surface area (Å²) in [6.45, 7) is 5.16. The van der Waals surface area contributed by atoms with E-state index in [4.69, 9.17) is 4.74 Å². The van der Waals surface area contributed by atoms with Crippen molar-refractivity contribution in [2.24, 2.45) is 0 Å². The summed E-state index contributed by atoms with van der Waals surface area (Å²) in [5.74, 6) is 0. The highest BCUT2D eigenvalue weighted by Crippen LogP contribution is 2.18. The van der Waals surface area contributed by atoms with Gasteiger partial charge in [0, 0.05) is 19.3 Å². The van der Waals surface area contributed by atoms with Crippen LogP contribution in [-0.2, 0) is 4.74 Å². The maximum atomic E-state index is 5.31. The second-order valence-electron chi connectivity index (χ2n) is 3.62. The molecule has 1 aliphatic heterocycles. The van der Waals surface area contributed by atoms with Crippen LogP contribution in [-0.4, -0.2) is 37.7 Å². The van der Waals surface area contributed by atoms with Gasteiger partial charge in [-0.2, -0.15) is 0 Å². The quantitative estimate of drug-likeness (QED) is 0.586. The smallest absolute Gasteiger partial charge is 0.0466 e. The lowest BCUT2D eigenvalue weighted by molar-refractivity contribution is 0.136. The first kappa shape index (κ1) is 10.0. The minimum Gasteiger partial charge on any atom is -0.382 e. The maximum absolute atomic E-state index is 5.31. The zero-order chi connectivity index (χ0) is 8.81. The third-order valence-electron chi connectivity index (χ3n) is 2.70. The van der Waals surface area contributed by atoms with Gasteiger partial charge in [-0.15, -0.1) is 0 Å². The molecule has 2 nitrogen and oxygen atoms in total. The number of hydrogen-bond acceptors (Lipinski definition) is 2. The van der Waals surface area contributed by atoms with E-state index in [1.54, 1.807) is 0 Å². The molecule has 1 unspecified atom stereocenters. The van der Waals surface area contributed by atoms with Gasteiger partial charge in [0.2, 0.25) is 0 Å². The molecule has 0 amide bonds. The van der Waals surface area contributed by atoms with Crippen LogP contribution in [0.15, 0.2) is 0 Å². The molecule has 12 heavy (non-hydrogen) atoms. The molecule has 0 aromatic rings. The number of nitrogens with zero attached hydrogens (tertiary/aromatic N) is 1. The molecule has 0 aromatic carbocycles. The fourth-order valence-electron chi connectivity index (χ4n) is 1.91. The molecule has 1 atom stereocenters. The van der Waals surface area contributed by atoms with Crippen LogP contribution in [0.4, 0.5) is 0 Å².